The van der Waals surface area contributed by atoms with Crippen molar-refractivity contribution in [2.45, 2.75) is 58.5 Å². The molecule has 0 atom stereocenters. The van der Waals surface area contributed by atoms with Gasteiger partial charge in [-0.2, -0.15) is 0 Å². The van der Waals surface area contributed by atoms with E-state index in [1.165, 1.54) is 15.9 Å². The molecule has 0 saturated heterocycles. The highest BCUT2D eigenvalue weighted by atomic mass is 32.1. The van der Waals surface area contributed by atoms with Gasteiger partial charge < -0.3 is 10.1 Å². The predicted octanol–water partition coefficient (Wildman–Crippen LogP) is 4.00. The Hall–Kier alpha value is -2.87. The third-order valence-corrected chi connectivity index (χ3v) is 7.69. The van der Waals surface area contributed by atoms with Gasteiger partial charge in [0.05, 0.1) is 19.2 Å². The Morgan fingerprint density at radius 2 is 1.94 bits per heavy atom. The van der Waals surface area contributed by atoms with Crippen molar-refractivity contribution < 1.29 is 9.53 Å². The summed E-state index contributed by atoms with van der Waals surface area (Å²) in [5, 5.41) is 4.90. The van der Waals surface area contributed by atoms with Crippen molar-refractivity contribution in [2.24, 2.45) is 11.8 Å². The van der Waals surface area contributed by atoms with Gasteiger partial charge in [0, 0.05) is 19.0 Å². The minimum Gasteiger partial charge on any atom is -0.497 e. The van der Waals surface area contributed by atoms with E-state index in [4.69, 9.17) is 4.74 Å². The Morgan fingerprint density at radius 3 is 2.68 bits per heavy atom. The van der Waals surface area contributed by atoms with Crippen LogP contribution in [0.5, 0.6) is 5.75 Å². The van der Waals surface area contributed by atoms with Gasteiger partial charge in [-0.05, 0) is 67.2 Å². The van der Waals surface area contributed by atoms with Gasteiger partial charge in [0.25, 0.3) is 5.56 Å². The maximum atomic E-state index is 13.5. The van der Waals surface area contributed by atoms with E-state index in [-0.39, 0.29) is 29.0 Å². The second-order valence-electron chi connectivity index (χ2n) is 9.13. The average Bonchev–Trinajstić information content (AvgIpc) is 3.35. The van der Waals surface area contributed by atoms with E-state index in [9.17, 15) is 14.4 Å². The molecule has 3 aromatic rings. The highest BCUT2D eigenvalue weighted by Gasteiger charge is 2.27. The van der Waals surface area contributed by atoms with E-state index in [0.717, 1.165) is 56.4 Å². The van der Waals surface area contributed by atoms with Crippen molar-refractivity contribution in [3.05, 3.63) is 62.1 Å². The summed E-state index contributed by atoms with van der Waals surface area (Å²) in [5.74, 6) is 1.13. The molecule has 7 nitrogen and oxygen atoms in total. The number of thiophene rings is 1. The van der Waals surface area contributed by atoms with E-state index in [1.807, 2.05) is 35.7 Å². The Balaban J connectivity index is 1.53. The number of nitrogens with zero attached hydrogens (tertiary/aromatic N) is 2. The molecule has 0 unspecified atom stereocenters. The molecule has 2 heterocycles. The molecule has 1 aliphatic carbocycles. The largest absolute Gasteiger partial charge is 0.497 e. The molecule has 4 rings (SSSR count). The summed E-state index contributed by atoms with van der Waals surface area (Å²) in [6, 6.07) is 9.47. The Morgan fingerprint density at radius 1 is 1.15 bits per heavy atom. The summed E-state index contributed by atoms with van der Waals surface area (Å²) in [4.78, 5) is 39.1. The van der Waals surface area contributed by atoms with Gasteiger partial charge in [0.2, 0.25) is 5.91 Å². The first-order valence-corrected chi connectivity index (χ1v) is 13.0. The summed E-state index contributed by atoms with van der Waals surface area (Å²) in [7, 11) is 1.62. The average molecular weight is 484 g/mol. The van der Waals surface area contributed by atoms with Crippen molar-refractivity contribution in [1.29, 1.82) is 0 Å². The third kappa shape index (κ3) is 5.27. The monoisotopic (exact) mass is 483 g/mol. The number of hydrogen-bond acceptors (Lipinski definition) is 5. The molecule has 34 heavy (non-hydrogen) atoms. The molecule has 2 aromatic heterocycles. The molecule has 0 spiro atoms. The van der Waals surface area contributed by atoms with Crippen LogP contribution in [0.3, 0.4) is 0 Å². The van der Waals surface area contributed by atoms with Gasteiger partial charge in [0.15, 0.2) is 0 Å². The topological polar surface area (TPSA) is 82.3 Å². The van der Waals surface area contributed by atoms with E-state index in [0.29, 0.717) is 23.3 Å². The zero-order valence-corrected chi connectivity index (χ0v) is 20.7. The molecular weight excluding hydrogens is 450 g/mol. The molecule has 8 heteroatoms. The van der Waals surface area contributed by atoms with Gasteiger partial charge in [-0.1, -0.05) is 25.5 Å². The summed E-state index contributed by atoms with van der Waals surface area (Å²) in [6.07, 6.45) is 5.35. The number of fused-ring (bicyclic) bond motifs is 1. The summed E-state index contributed by atoms with van der Waals surface area (Å²) in [6.45, 7) is 3.61. The van der Waals surface area contributed by atoms with Crippen LogP contribution >= 0.6 is 11.3 Å². The van der Waals surface area contributed by atoms with Gasteiger partial charge in [-0.15, -0.1) is 11.3 Å². The van der Waals surface area contributed by atoms with Crippen LogP contribution in [-0.4, -0.2) is 28.7 Å². The number of hydrogen-bond donors (Lipinski definition) is 1. The smallest absolute Gasteiger partial charge is 0.331 e. The lowest BCUT2D eigenvalue weighted by Gasteiger charge is -2.28. The first-order chi connectivity index (χ1) is 16.5. The van der Waals surface area contributed by atoms with Crippen molar-refractivity contribution in [3.8, 4) is 5.75 Å². The van der Waals surface area contributed by atoms with Gasteiger partial charge in [-0.25, -0.2) is 4.79 Å². The number of methoxy groups -OCH3 is 1. The molecule has 0 aliphatic heterocycles. The minimum absolute atomic E-state index is 0.0364. The van der Waals surface area contributed by atoms with Gasteiger partial charge in [-0.3, -0.25) is 18.7 Å². The number of carbonyl (C=O) groups is 1. The first-order valence-electron chi connectivity index (χ1n) is 12.1. The molecule has 1 amide bonds. The molecule has 1 N–H and O–H groups in total. The van der Waals surface area contributed by atoms with E-state index < -0.39 is 0 Å². The molecular formula is C26H33N3O4S. The van der Waals surface area contributed by atoms with Gasteiger partial charge >= 0.3 is 5.69 Å². The molecule has 1 aromatic carbocycles. The minimum atomic E-state index is -0.279. The highest BCUT2D eigenvalue weighted by Crippen LogP contribution is 2.30. The maximum Gasteiger partial charge on any atom is 0.331 e. The van der Waals surface area contributed by atoms with Gasteiger partial charge in [0.1, 0.15) is 10.4 Å². The maximum absolute atomic E-state index is 13.5. The summed E-state index contributed by atoms with van der Waals surface area (Å²) in [5.41, 5.74) is 1.12. The molecule has 0 radical (unpaired) electrons. The zero-order valence-electron chi connectivity index (χ0n) is 19.9. The molecule has 1 saturated carbocycles. The Labute approximate surface area is 203 Å². The van der Waals surface area contributed by atoms with E-state index in [1.54, 1.807) is 11.7 Å². The van der Waals surface area contributed by atoms with Crippen molar-refractivity contribution >= 4 is 27.5 Å². The van der Waals surface area contributed by atoms with Crippen LogP contribution in [0.2, 0.25) is 0 Å². The number of rotatable bonds is 9. The van der Waals surface area contributed by atoms with Crippen LogP contribution < -0.4 is 21.3 Å². The van der Waals surface area contributed by atoms with Crippen LogP contribution in [0.15, 0.2) is 45.3 Å². The fraction of sp³-hybridized carbons (Fsp3) is 0.500. The first kappa shape index (κ1) is 24.3. The lowest BCUT2D eigenvalue weighted by molar-refractivity contribution is -0.126. The Bertz CT molecular complexity index is 1250. The number of aromatic nitrogens is 2. The number of benzene rings is 1. The standard InChI is InChI=1S/C26H33N3O4S/c1-3-4-13-27-24(30)20-10-8-18(9-11-20)16-29-25(31)23-22(12-14-34-23)28(26(29)32)17-19-6-5-7-21(15-19)33-2/h5-7,12,14-15,18,20H,3-4,8-11,13,16-17H2,1-2H3,(H,27,30). The second-order valence-corrected chi connectivity index (χ2v) is 10.0. The van der Waals surface area contributed by atoms with Crippen molar-refractivity contribution in [2.75, 3.05) is 13.7 Å². The van der Waals surface area contributed by atoms with Crippen LogP contribution in [0.4, 0.5) is 0 Å². The van der Waals surface area contributed by atoms with E-state index in [2.05, 4.69) is 12.2 Å². The second kappa shape index (κ2) is 11.0. The molecule has 0 bridgehead atoms. The molecule has 1 aliphatic rings. The lowest BCUT2D eigenvalue weighted by atomic mass is 9.81. The lowest BCUT2D eigenvalue weighted by Crippen LogP contribution is -2.42. The van der Waals surface area contributed by atoms with Crippen molar-refractivity contribution in [1.82, 2.24) is 14.5 Å². The fourth-order valence-corrected chi connectivity index (χ4v) is 5.64. The highest BCUT2D eigenvalue weighted by molar-refractivity contribution is 7.17. The van der Waals surface area contributed by atoms with E-state index >= 15 is 0 Å². The SMILES string of the molecule is CCCCNC(=O)C1CCC(Cn2c(=O)c3sccc3n(Cc3cccc(OC)c3)c2=O)CC1. The van der Waals surface area contributed by atoms with Crippen LogP contribution in [0.1, 0.15) is 51.0 Å². The van der Waals surface area contributed by atoms with Crippen LogP contribution in [0, 0.1) is 11.8 Å². The number of ether oxygens (including phenoxy) is 1. The normalized spacial score (nSPS) is 18.2. The number of carbonyl (C=O) groups excluding carboxylic acids is 1. The quantitative estimate of drug-likeness (QED) is 0.467. The van der Waals surface area contributed by atoms with Crippen LogP contribution in [0.25, 0.3) is 10.2 Å². The van der Waals surface area contributed by atoms with Crippen LogP contribution in [-0.2, 0) is 17.9 Å². The van der Waals surface area contributed by atoms with Crippen molar-refractivity contribution in [3.63, 3.8) is 0 Å². The number of unbranched alkanes of at least 4 members (excludes halogenated alkanes) is 1. The predicted molar refractivity (Wildman–Crippen MR) is 136 cm³/mol. The zero-order chi connectivity index (χ0) is 24.1. The summed E-state index contributed by atoms with van der Waals surface area (Å²) >= 11 is 1.37. The number of nitrogens with one attached hydrogen (secondary N) is 1. The third-order valence-electron chi connectivity index (χ3n) is 6.80. The fourth-order valence-electron chi connectivity index (χ4n) is 4.80. The number of amides is 1. The summed E-state index contributed by atoms with van der Waals surface area (Å²) < 4.78 is 9.02. The molecule has 1 fully saturated rings. The Kier molecular flexibility index (Phi) is 7.88. The molecule has 182 valence electrons.